The number of carboxylic acids is 1. The molecule has 0 fully saturated rings. The smallest absolute Gasteiger partial charge is 0.407 e. The second-order valence-electron chi connectivity index (χ2n) is 7.65. The van der Waals surface area contributed by atoms with E-state index in [0.29, 0.717) is 17.1 Å². The number of hydrogen-bond acceptors (Lipinski definition) is 4. The van der Waals surface area contributed by atoms with Crippen molar-refractivity contribution in [1.29, 1.82) is 0 Å². The summed E-state index contributed by atoms with van der Waals surface area (Å²) in [6.45, 7) is 3.22. The van der Waals surface area contributed by atoms with Gasteiger partial charge in [-0.3, -0.25) is 4.79 Å². The number of alkyl carbamates (subject to hydrolysis) is 1. The molecule has 0 saturated carbocycles. The van der Waals surface area contributed by atoms with E-state index in [2.05, 4.69) is 5.32 Å². The Kier molecular flexibility index (Phi) is 6.92. The Morgan fingerprint density at radius 1 is 0.871 bits per heavy atom. The molecule has 0 aliphatic rings. The van der Waals surface area contributed by atoms with E-state index in [1.54, 1.807) is 38.1 Å². The van der Waals surface area contributed by atoms with Crippen LogP contribution in [0.5, 0.6) is 11.5 Å². The Labute approximate surface area is 181 Å². The SMILES string of the molecule is CC(C)(C(=O)O)C(NC(=O)OCc1ccccc1)c1ccc(Oc2ccccc2)cc1. The number of nitrogens with one attached hydrogen (secondary N) is 1. The van der Waals surface area contributed by atoms with Crippen LogP contribution in [0.15, 0.2) is 84.9 Å². The van der Waals surface area contributed by atoms with Crippen molar-refractivity contribution in [1.82, 2.24) is 5.32 Å². The summed E-state index contributed by atoms with van der Waals surface area (Å²) in [5.74, 6) is 0.263. The van der Waals surface area contributed by atoms with Crippen molar-refractivity contribution in [3.63, 3.8) is 0 Å². The average molecular weight is 419 g/mol. The van der Waals surface area contributed by atoms with Gasteiger partial charge in [-0.25, -0.2) is 4.79 Å². The zero-order valence-electron chi connectivity index (χ0n) is 17.4. The Hall–Kier alpha value is -3.80. The maximum absolute atomic E-state index is 12.4. The Balaban J connectivity index is 1.74. The van der Waals surface area contributed by atoms with Gasteiger partial charge in [-0.1, -0.05) is 60.7 Å². The number of carboxylic acid groups (broad SMARTS) is 1. The van der Waals surface area contributed by atoms with Gasteiger partial charge in [0.25, 0.3) is 0 Å². The molecule has 3 aromatic carbocycles. The van der Waals surface area contributed by atoms with Crippen molar-refractivity contribution in [2.45, 2.75) is 26.5 Å². The summed E-state index contributed by atoms with van der Waals surface area (Å²) in [6, 6.07) is 24.8. The minimum Gasteiger partial charge on any atom is -0.481 e. The standard InChI is InChI=1S/C25H25NO5/c1-25(2,23(27)28)22(26-24(29)30-17-18-9-5-3-6-10-18)19-13-15-21(16-14-19)31-20-11-7-4-8-12-20/h3-16,22H,17H2,1-2H3,(H,26,29)(H,27,28). The molecule has 0 spiro atoms. The second-order valence-corrected chi connectivity index (χ2v) is 7.65. The van der Waals surface area contributed by atoms with Crippen molar-refractivity contribution >= 4 is 12.1 Å². The summed E-state index contributed by atoms with van der Waals surface area (Å²) < 4.78 is 11.1. The van der Waals surface area contributed by atoms with Crippen molar-refractivity contribution in [3.8, 4) is 11.5 Å². The summed E-state index contributed by atoms with van der Waals surface area (Å²) >= 11 is 0. The predicted molar refractivity (Wildman–Crippen MR) is 117 cm³/mol. The number of hydrogen-bond donors (Lipinski definition) is 2. The van der Waals surface area contributed by atoms with Crippen molar-refractivity contribution in [2.24, 2.45) is 5.41 Å². The summed E-state index contributed by atoms with van der Waals surface area (Å²) in [6.07, 6.45) is -0.687. The van der Waals surface area contributed by atoms with Crippen LogP contribution in [-0.2, 0) is 16.1 Å². The summed E-state index contributed by atoms with van der Waals surface area (Å²) in [7, 11) is 0. The Morgan fingerprint density at radius 3 is 2.00 bits per heavy atom. The van der Waals surface area contributed by atoms with Crippen LogP contribution in [0.3, 0.4) is 0 Å². The first kappa shape index (κ1) is 21.9. The molecule has 0 heterocycles. The third kappa shape index (κ3) is 5.85. The fourth-order valence-corrected chi connectivity index (χ4v) is 3.04. The molecule has 0 saturated heterocycles. The van der Waals surface area contributed by atoms with E-state index < -0.39 is 23.5 Å². The molecule has 31 heavy (non-hydrogen) atoms. The minimum absolute atomic E-state index is 0.0940. The molecule has 3 rings (SSSR count). The second kappa shape index (κ2) is 9.80. The summed E-state index contributed by atoms with van der Waals surface area (Å²) in [5, 5.41) is 12.4. The molecular formula is C25H25NO5. The third-order valence-corrected chi connectivity index (χ3v) is 4.94. The quantitative estimate of drug-likeness (QED) is 0.499. The van der Waals surface area contributed by atoms with Gasteiger partial charge in [-0.05, 0) is 49.2 Å². The molecule has 6 heteroatoms. The molecule has 1 amide bonds. The minimum atomic E-state index is -1.27. The molecule has 6 nitrogen and oxygen atoms in total. The fourth-order valence-electron chi connectivity index (χ4n) is 3.04. The van der Waals surface area contributed by atoms with E-state index in [1.165, 1.54) is 0 Å². The highest BCUT2D eigenvalue weighted by atomic mass is 16.5. The van der Waals surface area contributed by atoms with Crippen LogP contribution in [0, 0.1) is 5.41 Å². The maximum Gasteiger partial charge on any atom is 0.407 e. The van der Waals surface area contributed by atoms with Gasteiger partial charge in [-0.2, -0.15) is 0 Å². The first-order valence-electron chi connectivity index (χ1n) is 9.90. The van der Waals surface area contributed by atoms with Crippen LogP contribution in [0.25, 0.3) is 0 Å². The van der Waals surface area contributed by atoms with Crippen LogP contribution in [0.2, 0.25) is 0 Å². The monoisotopic (exact) mass is 419 g/mol. The molecule has 3 aromatic rings. The van der Waals surface area contributed by atoms with Crippen molar-refractivity contribution in [2.75, 3.05) is 0 Å². The van der Waals surface area contributed by atoms with Gasteiger partial charge in [0.1, 0.15) is 18.1 Å². The number of ether oxygens (including phenoxy) is 2. The number of carbonyl (C=O) groups is 2. The zero-order valence-corrected chi connectivity index (χ0v) is 17.4. The van der Waals surface area contributed by atoms with Crippen LogP contribution in [0.4, 0.5) is 4.79 Å². The average Bonchev–Trinajstić information content (AvgIpc) is 2.78. The van der Waals surface area contributed by atoms with Crippen molar-refractivity contribution in [3.05, 3.63) is 96.1 Å². The van der Waals surface area contributed by atoms with Crippen LogP contribution in [-0.4, -0.2) is 17.2 Å². The zero-order chi connectivity index (χ0) is 22.3. The Morgan fingerprint density at radius 2 is 1.42 bits per heavy atom. The number of carbonyl (C=O) groups excluding carboxylic acids is 1. The number of amides is 1. The molecule has 160 valence electrons. The highest BCUT2D eigenvalue weighted by molar-refractivity contribution is 5.77. The molecular weight excluding hydrogens is 394 g/mol. The number of para-hydroxylation sites is 1. The van der Waals surface area contributed by atoms with Crippen molar-refractivity contribution < 1.29 is 24.2 Å². The van der Waals surface area contributed by atoms with Gasteiger partial charge in [0.2, 0.25) is 0 Å². The van der Waals surface area contributed by atoms with E-state index in [1.807, 2.05) is 60.7 Å². The maximum atomic E-state index is 12.4. The van der Waals surface area contributed by atoms with Gasteiger partial charge < -0.3 is 19.9 Å². The molecule has 0 aliphatic carbocycles. The largest absolute Gasteiger partial charge is 0.481 e. The molecule has 2 N–H and O–H groups in total. The molecule has 0 aromatic heterocycles. The highest BCUT2D eigenvalue weighted by Crippen LogP contribution is 2.35. The first-order valence-corrected chi connectivity index (χ1v) is 9.90. The molecule has 1 unspecified atom stereocenters. The van der Waals surface area contributed by atoms with Gasteiger partial charge >= 0.3 is 12.1 Å². The third-order valence-electron chi connectivity index (χ3n) is 4.94. The Bertz CT molecular complexity index is 1000. The van der Waals surface area contributed by atoms with Gasteiger partial charge in [0, 0.05) is 0 Å². The molecule has 1 atom stereocenters. The highest BCUT2D eigenvalue weighted by Gasteiger charge is 2.39. The predicted octanol–water partition coefficient (Wildman–Crippen LogP) is 5.56. The topological polar surface area (TPSA) is 84.9 Å². The van der Waals surface area contributed by atoms with E-state index in [0.717, 1.165) is 5.56 Å². The van der Waals surface area contributed by atoms with Crippen LogP contribution in [0.1, 0.15) is 31.0 Å². The summed E-state index contributed by atoms with van der Waals surface area (Å²) in [5.41, 5.74) is 0.201. The lowest BCUT2D eigenvalue weighted by Crippen LogP contribution is -2.42. The fraction of sp³-hybridized carbons (Fsp3) is 0.200. The van der Waals surface area contributed by atoms with Gasteiger partial charge in [0.15, 0.2) is 0 Å². The lowest BCUT2D eigenvalue weighted by Gasteiger charge is -2.31. The molecule has 0 aliphatic heterocycles. The lowest BCUT2D eigenvalue weighted by atomic mass is 9.80. The molecule has 0 bridgehead atoms. The van der Waals surface area contributed by atoms with E-state index in [-0.39, 0.29) is 6.61 Å². The normalized spacial score (nSPS) is 11.9. The lowest BCUT2D eigenvalue weighted by molar-refractivity contribution is -0.148. The molecule has 0 radical (unpaired) electrons. The number of rotatable bonds is 8. The van der Waals surface area contributed by atoms with Crippen LogP contribution >= 0.6 is 0 Å². The van der Waals surface area contributed by atoms with Crippen LogP contribution < -0.4 is 10.1 Å². The van der Waals surface area contributed by atoms with Gasteiger partial charge in [-0.15, -0.1) is 0 Å². The van der Waals surface area contributed by atoms with E-state index in [4.69, 9.17) is 9.47 Å². The van der Waals surface area contributed by atoms with E-state index >= 15 is 0 Å². The number of benzene rings is 3. The van der Waals surface area contributed by atoms with Gasteiger partial charge in [0.05, 0.1) is 11.5 Å². The first-order chi connectivity index (χ1) is 14.9. The summed E-state index contributed by atoms with van der Waals surface area (Å²) in [4.78, 5) is 24.3. The van der Waals surface area contributed by atoms with E-state index in [9.17, 15) is 14.7 Å². The number of aliphatic carboxylic acids is 1.